The Balaban J connectivity index is 2.90. The van der Waals surface area contributed by atoms with Crippen molar-refractivity contribution in [3.63, 3.8) is 0 Å². The van der Waals surface area contributed by atoms with Gasteiger partial charge in [0.15, 0.2) is 5.43 Å². The van der Waals surface area contributed by atoms with Gasteiger partial charge in [0.05, 0.1) is 4.99 Å². The lowest BCUT2D eigenvalue weighted by Crippen LogP contribution is -2.38. The van der Waals surface area contributed by atoms with Crippen molar-refractivity contribution >= 4 is 23.1 Å². The summed E-state index contributed by atoms with van der Waals surface area (Å²) in [5, 5.41) is 0. The van der Waals surface area contributed by atoms with Gasteiger partial charge in [-0.2, -0.15) is 0 Å². The van der Waals surface area contributed by atoms with Crippen LogP contribution in [-0.4, -0.2) is 33.9 Å². The average molecular weight is 281 g/mol. The monoisotopic (exact) mass is 281 g/mol. The maximum absolute atomic E-state index is 12.3. The summed E-state index contributed by atoms with van der Waals surface area (Å²) < 4.78 is 0. The van der Waals surface area contributed by atoms with E-state index in [-0.39, 0.29) is 16.9 Å². The summed E-state index contributed by atoms with van der Waals surface area (Å²) in [4.78, 5) is 28.7. The predicted octanol–water partition coefficient (Wildman–Crippen LogP) is 1.15. The van der Waals surface area contributed by atoms with Crippen LogP contribution in [-0.2, 0) is 0 Å². The minimum Gasteiger partial charge on any atom is -0.393 e. The summed E-state index contributed by atoms with van der Waals surface area (Å²) >= 11 is 4.83. The SMILES string of the molecule is CC(C)CN(CCC(N)=S)C(=O)c1c[nH]ccc1=O. The van der Waals surface area contributed by atoms with Crippen molar-refractivity contribution in [1.29, 1.82) is 0 Å². The fraction of sp³-hybridized carbons (Fsp3) is 0.462. The third-order valence-corrected chi connectivity index (χ3v) is 2.76. The number of aromatic amines is 1. The van der Waals surface area contributed by atoms with Gasteiger partial charge in [0.1, 0.15) is 5.56 Å². The highest BCUT2D eigenvalue weighted by atomic mass is 32.1. The zero-order valence-corrected chi connectivity index (χ0v) is 12.0. The molecule has 0 aliphatic carbocycles. The van der Waals surface area contributed by atoms with E-state index >= 15 is 0 Å². The highest BCUT2D eigenvalue weighted by Crippen LogP contribution is 2.05. The van der Waals surface area contributed by atoms with Gasteiger partial charge in [-0.25, -0.2) is 0 Å². The molecule has 1 heterocycles. The smallest absolute Gasteiger partial charge is 0.259 e. The lowest BCUT2D eigenvalue weighted by molar-refractivity contribution is 0.0739. The number of nitrogens with two attached hydrogens (primary N) is 1. The number of nitrogens with zero attached hydrogens (tertiary/aromatic N) is 1. The molecule has 0 fully saturated rings. The van der Waals surface area contributed by atoms with Gasteiger partial charge in [0.2, 0.25) is 0 Å². The normalized spacial score (nSPS) is 10.5. The number of carbonyl (C=O) groups excluding carboxylic acids is 1. The van der Waals surface area contributed by atoms with Crippen molar-refractivity contribution < 1.29 is 4.79 Å². The van der Waals surface area contributed by atoms with E-state index in [4.69, 9.17) is 18.0 Å². The second-order valence-corrected chi connectivity index (χ2v) is 5.31. The molecule has 6 heteroatoms. The zero-order chi connectivity index (χ0) is 14.4. The second-order valence-electron chi connectivity index (χ2n) is 4.78. The van der Waals surface area contributed by atoms with Crippen molar-refractivity contribution in [2.75, 3.05) is 13.1 Å². The molecule has 0 aliphatic heterocycles. The number of pyridine rings is 1. The van der Waals surface area contributed by atoms with E-state index in [1.54, 1.807) is 4.90 Å². The largest absolute Gasteiger partial charge is 0.393 e. The molecule has 0 unspecified atom stereocenters. The number of nitrogens with one attached hydrogen (secondary N) is 1. The van der Waals surface area contributed by atoms with E-state index < -0.39 is 0 Å². The van der Waals surface area contributed by atoms with Crippen molar-refractivity contribution in [2.24, 2.45) is 11.7 Å². The third-order valence-electron chi connectivity index (χ3n) is 2.56. The maximum atomic E-state index is 12.3. The van der Waals surface area contributed by atoms with Gasteiger partial charge in [-0.3, -0.25) is 9.59 Å². The van der Waals surface area contributed by atoms with E-state index in [1.807, 2.05) is 13.8 Å². The van der Waals surface area contributed by atoms with Crippen molar-refractivity contribution in [2.45, 2.75) is 20.3 Å². The first-order valence-electron chi connectivity index (χ1n) is 6.16. The molecule has 0 atom stereocenters. The van der Waals surface area contributed by atoms with Crippen LogP contribution in [0.15, 0.2) is 23.3 Å². The van der Waals surface area contributed by atoms with Gasteiger partial charge in [-0.15, -0.1) is 0 Å². The number of carbonyl (C=O) groups is 1. The molecule has 0 bridgehead atoms. The Morgan fingerprint density at radius 3 is 2.74 bits per heavy atom. The Labute approximate surface area is 117 Å². The van der Waals surface area contributed by atoms with Gasteiger partial charge < -0.3 is 15.6 Å². The van der Waals surface area contributed by atoms with Crippen LogP contribution in [0.25, 0.3) is 0 Å². The predicted molar refractivity (Wildman–Crippen MR) is 79.2 cm³/mol. The molecule has 0 saturated heterocycles. The summed E-state index contributed by atoms with van der Waals surface area (Å²) in [5.74, 6) is 0.0184. The highest BCUT2D eigenvalue weighted by Gasteiger charge is 2.19. The van der Waals surface area contributed by atoms with Gasteiger partial charge in [0, 0.05) is 38.0 Å². The molecule has 0 saturated carbocycles. The Morgan fingerprint density at radius 1 is 1.53 bits per heavy atom. The standard InChI is InChI=1S/C13H19N3O2S/c1-9(2)8-16(6-4-12(14)19)13(18)10-7-15-5-3-11(10)17/h3,5,7,9H,4,6,8H2,1-2H3,(H2,14,19)(H,15,17). The first-order chi connectivity index (χ1) is 8.91. The molecule has 104 valence electrons. The molecule has 0 aromatic carbocycles. The third kappa shape index (κ3) is 4.82. The Morgan fingerprint density at radius 2 is 2.21 bits per heavy atom. The topological polar surface area (TPSA) is 79.2 Å². The van der Waals surface area contributed by atoms with E-state index in [2.05, 4.69) is 4.98 Å². The summed E-state index contributed by atoms with van der Waals surface area (Å²) in [6.07, 6.45) is 3.39. The van der Waals surface area contributed by atoms with Crippen LogP contribution in [0, 0.1) is 5.92 Å². The number of aromatic nitrogens is 1. The molecule has 1 aromatic rings. The second kappa shape index (κ2) is 7.04. The van der Waals surface area contributed by atoms with Crippen LogP contribution >= 0.6 is 12.2 Å². The fourth-order valence-electron chi connectivity index (χ4n) is 1.72. The van der Waals surface area contributed by atoms with Crippen LogP contribution < -0.4 is 11.2 Å². The molecular weight excluding hydrogens is 262 g/mol. The van der Waals surface area contributed by atoms with Crippen LogP contribution in [0.5, 0.6) is 0 Å². The van der Waals surface area contributed by atoms with Crippen LogP contribution in [0.3, 0.4) is 0 Å². The molecule has 0 spiro atoms. The molecular formula is C13H19N3O2S. The first-order valence-corrected chi connectivity index (χ1v) is 6.57. The number of rotatable bonds is 6. The Hall–Kier alpha value is -1.69. The van der Waals surface area contributed by atoms with Crippen molar-refractivity contribution in [3.05, 3.63) is 34.2 Å². The number of hydrogen-bond donors (Lipinski definition) is 2. The summed E-state index contributed by atoms with van der Waals surface area (Å²) in [5.41, 5.74) is 5.33. The molecule has 1 rings (SSSR count). The Kier molecular flexibility index (Phi) is 5.69. The van der Waals surface area contributed by atoms with Gasteiger partial charge in [-0.1, -0.05) is 26.1 Å². The van der Waals surface area contributed by atoms with Crippen LogP contribution in [0.1, 0.15) is 30.6 Å². The molecule has 0 aliphatic rings. The molecule has 19 heavy (non-hydrogen) atoms. The van der Waals surface area contributed by atoms with Crippen molar-refractivity contribution in [1.82, 2.24) is 9.88 Å². The summed E-state index contributed by atoms with van der Waals surface area (Å²) in [6, 6.07) is 1.34. The summed E-state index contributed by atoms with van der Waals surface area (Å²) in [6.45, 7) is 5.02. The molecule has 0 radical (unpaired) electrons. The van der Waals surface area contributed by atoms with Gasteiger partial charge in [0.25, 0.3) is 5.91 Å². The highest BCUT2D eigenvalue weighted by molar-refractivity contribution is 7.80. The van der Waals surface area contributed by atoms with Gasteiger partial charge in [-0.05, 0) is 5.92 Å². The fourth-order valence-corrected chi connectivity index (χ4v) is 1.81. The maximum Gasteiger partial charge on any atom is 0.259 e. The van der Waals surface area contributed by atoms with E-state index in [1.165, 1.54) is 18.5 Å². The lowest BCUT2D eigenvalue weighted by atomic mass is 10.1. The lowest BCUT2D eigenvalue weighted by Gasteiger charge is -2.24. The van der Waals surface area contributed by atoms with Gasteiger partial charge >= 0.3 is 0 Å². The van der Waals surface area contributed by atoms with Crippen LogP contribution in [0.2, 0.25) is 0 Å². The average Bonchev–Trinajstić information content (AvgIpc) is 2.33. The minimum absolute atomic E-state index is 0.145. The number of amides is 1. The molecule has 1 aromatic heterocycles. The van der Waals surface area contributed by atoms with E-state index in [0.29, 0.717) is 30.4 Å². The Bertz CT molecular complexity index is 511. The summed E-state index contributed by atoms with van der Waals surface area (Å²) in [7, 11) is 0. The molecule has 5 nitrogen and oxygen atoms in total. The zero-order valence-electron chi connectivity index (χ0n) is 11.2. The molecule has 1 amide bonds. The molecule has 3 N–H and O–H groups in total. The minimum atomic E-state index is -0.285. The van der Waals surface area contributed by atoms with E-state index in [0.717, 1.165) is 0 Å². The van der Waals surface area contributed by atoms with E-state index in [9.17, 15) is 9.59 Å². The first kappa shape index (κ1) is 15.4. The van der Waals surface area contributed by atoms with Crippen LogP contribution in [0.4, 0.5) is 0 Å². The van der Waals surface area contributed by atoms with Crippen molar-refractivity contribution in [3.8, 4) is 0 Å². The number of H-pyrrole nitrogens is 1. The quantitative estimate of drug-likeness (QED) is 0.767. The number of hydrogen-bond acceptors (Lipinski definition) is 3. The number of thiocarbonyl (C=S) groups is 1.